The van der Waals surface area contributed by atoms with Crippen LogP contribution in [-0.4, -0.2) is 42.4 Å². The van der Waals surface area contributed by atoms with E-state index in [1.165, 1.54) is 55.6 Å². The van der Waals surface area contributed by atoms with Crippen molar-refractivity contribution in [1.29, 1.82) is 0 Å². The zero-order chi connectivity index (χ0) is 21.3. The Balaban J connectivity index is 0.00000114. The van der Waals surface area contributed by atoms with Gasteiger partial charge in [0.1, 0.15) is 0 Å². The van der Waals surface area contributed by atoms with Crippen LogP contribution in [0.25, 0.3) is 0 Å². The minimum atomic E-state index is -0.446. The first kappa shape index (κ1) is 32.3. The predicted octanol–water partition coefficient (Wildman–Crippen LogP) is 6.31. The maximum Gasteiger partial charge on any atom is 2.00 e. The largest absolute Gasteiger partial charge is 2.00 e. The molecule has 2 aliphatic carbocycles. The SMILES string of the molecule is C1CCCC1.C[C@H](C1CCC(P(c2ccccc2)c2ccccc2)C1CO)N(C)C.[CH3-].[CH3-].[Fe+2]. The molecule has 0 bridgehead atoms. The number of nitrogens with zero attached hydrogens (tertiary/aromatic N) is 1. The summed E-state index contributed by atoms with van der Waals surface area (Å²) in [5.41, 5.74) is 0.553. The molecule has 4 rings (SSSR count). The van der Waals surface area contributed by atoms with Gasteiger partial charge in [-0.3, -0.25) is 0 Å². The van der Waals surface area contributed by atoms with Gasteiger partial charge in [0.05, 0.1) is 0 Å². The number of rotatable bonds is 6. The summed E-state index contributed by atoms with van der Waals surface area (Å²) in [4.78, 5) is 2.31. The molecule has 2 aromatic rings. The zero-order valence-corrected chi connectivity index (χ0v) is 23.4. The minimum Gasteiger partial charge on any atom is -0.396 e. The third-order valence-electron chi connectivity index (χ3n) is 7.14. The second-order valence-electron chi connectivity index (χ2n) is 9.17. The van der Waals surface area contributed by atoms with Crippen LogP contribution in [-0.2, 0) is 17.1 Å². The van der Waals surface area contributed by atoms with Crippen LogP contribution in [0.5, 0.6) is 0 Å². The molecule has 2 fully saturated rings. The summed E-state index contributed by atoms with van der Waals surface area (Å²) in [7, 11) is 3.87. The molecule has 186 valence electrons. The summed E-state index contributed by atoms with van der Waals surface area (Å²) in [6.45, 7) is 2.61. The summed E-state index contributed by atoms with van der Waals surface area (Å²) in [5, 5.41) is 13.1. The van der Waals surface area contributed by atoms with Crippen LogP contribution >= 0.6 is 7.92 Å². The standard InChI is InChI=1S/C22H30NOP.C5H10.2CH3.Fe/c1-17(23(2)3)20-14-15-22(21(20)16-24)25(18-10-6-4-7-11-18)19-12-8-5-9-13-19;1-2-4-5-3-1;;;/h4-13,17,20-22,24H,14-16H2,1-3H3;1-5H2;2*1H3;/q;;2*-1;+2/t17-,20?,21?,22?;;;;/m1..../s1. The molecular weight excluding hydrogens is 465 g/mol. The number of aliphatic hydroxyl groups excluding tert-OH is 1. The van der Waals surface area contributed by atoms with Gasteiger partial charge in [0.15, 0.2) is 0 Å². The fourth-order valence-electron chi connectivity index (χ4n) is 5.23. The van der Waals surface area contributed by atoms with E-state index in [1.807, 2.05) is 0 Å². The van der Waals surface area contributed by atoms with Crippen molar-refractivity contribution in [2.24, 2.45) is 11.8 Å². The Bertz CT molecular complexity index is 676. The normalized spacial score (nSPS) is 22.4. The Morgan fingerprint density at radius 3 is 1.61 bits per heavy atom. The number of hydrogen-bond acceptors (Lipinski definition) is 2. The van der Waals surface area contributed by atoms with E-state index in [-0.39, 0.29) is 31.9 Å². The summed E-state index contributed by atoms with van der Waals surface area (Å²) < 4.78 is 0. The molecule has 0 amide bonds. The van der Waals surface area contributed by atoms with Crippen LogP contribution < -0.4 is 10.6 Å². The van der Waals surface area contributed by atoms with Gasteiger partial charge in [-0.05, 0) is 69.9 Å². The van der Waals surface area contributed by atoms with E-state index in [0.29, 0.717) is 30.1 Å². The van der Waals surface area contributed by atoms with Crippen molar-refractivity contribution in [2.45, 2.75) is 63.6 Å². The maximum atomic E-state index is 10.3. The monoisotopic (exact) mass is 511 g/mol. The molecule has 4 atom stereocenters. The van der Waals surface area contributed by atoms with Gasteiger partial charge >= 0.3 is 17.1 Å². The predicted molar refractivity (Wildman–Crippen MR) is 145 cm³/mol. The summed E-state index contributed by atoms with van der Waals surface area (Å²) in [5.74, 6) is 0.950. The van der Waals surface area contributed by atoms with Gasteiger partial charge < -0.3 is 24.9 Å². The fourth-order valence-corrected chi connectivity index (χ4v) is 8.39. The molecule has 0 spiro atoms. The smallest absolute Gasteiger partial charge is 0.396 e. The van der Waals surface area contributed by atoms with Crippen LogP contribution in [0.3, 0.4) is 0 Å². The van der Waals surface area contributed by atoms with Crippen LogP contribution in [0.2, 0.25) is 0 Å². The summed E-state index contributed by atoms with van der Waals surface area (Å²) in [6.07, 6.45) is 9.93. The van der Waals surface area contributed by atoms with Crippen molar-refractivity contribution in [1.82, 2.24) is 4.90 Å². The van der Waals surface area contributed by atoms with Crippen LogP contribution in [0.4, 0.5) is 0 Å². The average molecular weight is 512 g/mol. The second-order valence-corrected chi connectivity index (χ2v) is 11.6. The quantitative estimate of drug-likeness (QED) is 0.279. The molecule has 2 saturated carbocycles. The molecule has 0 saturated heterocycles. The third-order valence-corrected chi connectivity index (χ3v) is 10.1. The average Bonchev–Trinajstić information content (AvgIpc) is 3.48. The van der Waals surface area contributed by atoms with E-state index in [4.69, 9.17) is 0 Å². The topological polar surface area (TPSA) is 23.5 Å². The Kier molecular flexibility index (Phi) is 16.5. The van der Waals surface area contributed by atoms with Gasteiger partial charge in [0.2, 0.25) is 0 Å². The van der Waals surface area contributed by atoms with Crippen LogP contribution in [0.1, 0.15) is 51.9 Å². The van der Waals surface area contributed by atoms with E-state index in [2.05, 4.69) is 86.6 Å². The molecule has 2 aromatic carbocycles. The van der Waals surface area contributed by atoms with E-state index in [1.54, 1.807) is 0 Å². The Labute approximate surface area is 216 Å². The van der Waals surface area contributed by atoms with E-state index in [0.717, 1.165) is 0 Å². The number of benzene rings is 2. The van der Waals surface area contributed by atoms with Crippen molar-refractivity contribution >= 4 is 18.5 Å². The second kappa shape index (κ2) is 16.9. The maximum absolute atomic E-state index is 10.3. The first-order valence-electron chi connectivity index (χ1n) is 11.8. The summed E-state index contributed by atoms with van der Waals surface area (Å²) >= 11 is 0. The fraction of sp³-hybridized carbons (Fsp3) is 0.517. The van der Waals surface area contributed by atoms with E-state index < -0.39 is 7.92 Å². The van der Waals surface area contributed by atoms with Gasteiger partial charge in [0, 0.05) is 12.6 Å². The molecular formula is C29H46FeNOP. The Hall–Kier alpha value is -0.691. The summed E-state index contributed by atoms with van der Waals surface area (Å²) in [6, 6.07) is 22.4. The molecule has 3 unspecified atom stereocenters. The first-order valence-corrected chi connectivity index (χ1v) is 13.2. The van der Waals surface area contributed by atoms with Crippen molar-refractivity contribution in [3.8, 4) is 0 Å². The molecule has 0 aromatic heterocycles. The van der Waals surface area contributed by atoms with Crippen LogP contribution in [0.15, 0.2) is 60.7 Å². The van der Waals surface area contributed by atoms with Crippen LogP contribution in [0, 0.1) is 26.7 Å². The van der Waals surface area contributed by atoms with E-state index in [9.17, 15) is 5.11 Å². The molecule has 4 heteroatoms. The molecule has 0 heterocycles. The van der Waals surface area contributed by atoms with Gasteiger partial charge in [-0.1, -0.05) is 92.8 Å². The number of hydrogen-bond donors (Lipinski definition) is 1. The van der Waals surface area contributed by atoms with E-state index >= 15 is 0 Å². The van der Waals surface area contributed by atoms with Gasteiger partial charge in [-0.15, -0.1) is 0 Å². The molecule has 2 nitrogen and oxygen atoms in total. The van der Waals surface area contributed by atoms with Gasteiger partial charge in [0.25, 0.3) is 0 Å². The molecule has 2 aliphatic rings. The van der Waals surface area contributed by atoms with Crippen molar-refractivity contribution in [3.63, 3.8) is 0 Å². The first-order chi connectivity index (χ1) is 14.6. The van der Waals surface area contributed by atoms with Crippen molar-refractivity contribution < 1.29 is 22.2 Å². The molecule has 0 aliphatic heterocycles. The van der Waals surface area contributed by atoms with Crippen molar-refractivity contribution in [3.05, 3.63) is 75.5 Å². The minimum absolute atomic E-state index is 0. The third kappa shape index (κ3) is 8.79. The molecule has 1 N–H and O–H groups in total. The number of aliphatic hydroxyl groups is 1. The van der Waals surface area contributed by atoms with Crippen molar-refractivity contribution in [2.75, 3.05) is 20.7 Å². The van der Waals surface area contributed by atoms with Gasteiger partial charge in [-0.2, -0.15) is 0 Å². The molecule has 0 radical (unpaired) electrons. The molecule has 33 heavy (non-hydrogen) atoms. The Morgan fingerprint density at radius 2 is 1.24 bits per heavy atom. The van der Waals surface area contributed by atoms with Gasteiger partial charge in [-0.25, -0.2) is 0 Å². The zero-order valence-electron chi connectivity index (χ0n) is 21.4. The Morgan fingerprint density at radius 1 is 0.818 bits per heavy atom.